The zero-order chi connectivity index (χ0) is 22.5. The monoisotopic (exact) mass is 431 g/mol. The number of aryl methyl sites for hydroxylation is 1. The van der Waals surface area contributed by atoms with Gasteiger partial charge in [-0.25, -0.2) is 4.98 Å². The molecule has 2 aromatic carbocycles. The van der Waals surface area contributed by atoms with Crippen LogP contribution in [0.25, 0.3) is 0 Å². The van der Waals surface area contributed by atoms with Crippen LogP contribution in [-0.2, 0) is 16.1 Å². The van der Waals surface area contributed by atoms with Crippen LogP contribution in [0.2, 0.25) is 0 Å². The van der Waals surface area contributed by atoms with Gasteiger partial charge in [-0.2, -0.15) is 0 Å². The number of hydrogen-bond donors (Lipinski definition) is 1. The molecule has 2 amide bonds. The minimum absolute atomic E-state index is 0.0217. The lowest BCUT2D eigenvalue weighted by molar-refractivity contribution is -0.128. The zero-order valence-electron chi connectivity index (χ0n) is 18.1. The van der Waals surface area contributed by atoms with Gasteiger partial charge in [-0.1, -0.05) is 29.8 Å². The first-order valence-corrected chi connectivity index (χ1v) is 10.4. The molecular formula is C25H25N3O4. The molecule has 0 saturated carbocycles. The highest BCUT2D eigenvalue weighted by Crippen LogP contribution is 2.29. The van der Waals surface area contributed by atoms with Crippen LogP contribution in [0.4, 0.5) is 5.69 Å². The Morgan fingerprint density at radius 2 is 1.81 bits per heavy atom. The predicted molar refractivity (Wildman–Crippen MR) is 121 cm³/mol. The van der Waals surface area contributed by atoms with Gasteiger partial charge in [0.15, 0.2) is 0 Å². The molecule has 4 rings (SSSR count). The number of carbonyl (C=O) groups is 2. The number of amides is 2. The van der Waals surface area contributed by atoms with Crippen molar-refractivity contribution in [2.24, 2.45) is 5.92 Å². The molecule has 1 aliphatic rings. The number of nitrogens with one attached hydrogen (secondary N) is 1. The molecule has 32 heavy (non-hydrogen) atoms. The summed E-state index contributed by atoms with van der Waals surface area (Å²) in [4.78, 5) is 31.3. The van der Waals surface area contributed by atoms with Crippen molar-refractivity contribution in [1.82, 2.24) is 9.88 Å². The summed E-state index contributed by atoms with van der Waals surface area (Å²) in [6.07, 6.45) is 1.78. The van der Waals surface area contributed by atoms with Gasteiger partial charge < -0.3 is 19.7 Å². The van der Waals surface area contributed by atoms with Crippen LogP contribution in [0.15, 0.2) is 66.9 Å². The van der Waals surface area contributed by atoms with E-state index in [1.54, 1.807) is 54.6 Å². The van der Waals surface area contributed by atoms with E-state index < -0.39 is 5.92 Å². The van der Waals surface area contributed by atoms with Gasteiger partial charge in [-0.15, -0.1) is 0 Å². The topological polar surface area (TPSA) is 80.8 Å². The van der Waals surface area contributed by atoms with Crippen LogP contribution in [-0.4, -0.2) is 35.4 Å². The molecule has 1 atom stereocenters. The Kier molecular flexibility index (Phi) is 6.35. The third-order valence-electron chi connectivity index (χ3n) is 5.38. The van der Waals surface area contributed by atoms with Crippen molar-refractivity contribution >= 4 is 17.5 Å². The molecule has 0 radical (unpaired) electrons. The molecule has 1 saturated heterocycles. The molecular weight excluding hydrogens is 406 g/mol. The number of hydrogen-bond acceptors (Lipinski definition) is 5. The summed E-state index contributed by atoms with van der Waals surface area (Å²) in [5.74, 6) is 0.895. The van der Waals surface area contributed by atoms with Gasteiger partial charge in [0.2, 0.25) is 17.7 Å². The van der Waals surface area contributed by atoms with Crippen molar-refractivity contribution < 1.29 is 19.1 Å². The molecule has 0 spiro atoms. The van der Waals surface area contributed by atoms with Gasteiger partial charge in [-0.3, -0.25) is 9.59 Å². The maximum absolute atomic E-state index is 12.9. The van der Waals surface area contributed by atoms with E-state index in [4.69, 9.17) is 9.47 Å². The molecule has 0 bridgehead atoms. The van der Waals surface area contributed by atoms with Crippen molar-refractivity contribution in [1.29, 1.82) is 0 Å². The maximum atomic E-state index is 12.9. The highest BCUT2D eigenvalue weighted by molar-refractivity contribution is 5.97. The summed E-state index contributed by atoms with van der Waals surface area (Å²) >= 11 is 0. The number of likely N-dealkylation sites (tertiary alicyclic amines) is 1. The molecule has 164 valence electrons. The van der Waals surface area contributed by atoms with Crippen molar-refractivity contribution in [3.8, 4) is 17.4 Å². The summed E-state index contributed by atoms with van der Waals surface area (Å²) in [7, 11) is 1.60. The number of carbonyl (C=O) groups excluding carboxylic acids is 2. The maximum Gasteiger partial charge on any atom is 0.243 e. The van der Waals surface area contributed by atoms with E-state index in [1.165, 1.54) is 5.56 Å². The molecule has 3 aromatic rings. The molecule has 7 heteroatoms. The summed E-state index contributed by atoms with van der Waals surface area (Å²) < 4.78 is 11.0. The molecule has 1 aliphatic heterocycles. The van der Waals surface area contributed by atoms with Gasteiger partial charge in [0.1, 0.15) is 17.2 Å². The van der Waals surface area contributed by atoms with Crippen molar-refractivity contribution in [3.05, 3.63) is 78.0 Å². The molecule has 1 fully saturated rings. The lowest BCUT2D eigenvalue weighted by atomic mass is 10.1. The van der Waals surface area contributed by atoms with Gasteiger partial charge in [0.05, 0.1) is 13.0 Å². The second kappa shape index (κ2) is 9.51. The van der Waals surface area contributed by atoms with Crippen molar-refractivity contribution in [3.63, 3.8) is 0 Å². The van der Waals surface area contributed by atoms with E-state index in [-0.39, 0.29) is 24.1 Å². The van der Waals surface area contributed by atoms with Gasteiger partial charge in [0, 0.05) is 25.7 Å². The van der Waals surface area contributed by atoms with Crippen LogP contribution < -0.4 is 14.8 Å². The van der Waals surface area contributed by atoms with Crippen LogP contribution in [0, 0.1) is 12.8 Å². The molecule has 1 N–H and O–H groups in total. The van der Waals surface area contributed by atoms with E-state index in [0.29, 0.717) is 30.3 Å². The quantitative estimate of drug-likeness (QED) is 0.607. The lowest BCUT2D eigenvalue weighted by Crippen LogP contribution is -2.28. The molecule has 2 heterocycles. The number of methoxy groups -OCH3 is 1. The van der Waals surface area contributed by atoms with E-state index in [2.05, 4.69) is 10.3 Å². The van der Waals surface area contributed by atoms with Crippen molar-refractivity contribution in [2.45, 2.75) is 19.9 Å². The Hall–Kier alpha value is -3.87. The first-order valence-electron chi connectivity index (χ1n) is 10.4. The Morgan fingerprint density at radius 3 is 2.53 bits per heavy atom. The van der Waals surface area contributed by atoms with Crippen LogP contribution >= 0.6 is 0 Å². The van der Waals surface area contributed by atoms with Crippen LogP contribution in [0.1, 0.15) is 17.5 Å². The second-order valence-electron chi connectivity index (χ2n) is 7.78. The SMILES string of the molecule is COc1ccc(Oc2ncccc2NC(=O)C2CC(=O)N(Cc3ccc(C)cc3)C2)cc1. The summed E-state index contributed by atoms with van der Waals surface area (Å²) in [6, 6.07) is 18.6. The lowest BCUT2D eigenvalue weighted by Gasteiger charge is -2.17. The second-order valence-corrected chi connectivity index (χ2v) is 7.78. The number of rotatable bonds is 7. The fourth-order valence-corrected chi connectivity index (χ4v) is 3.57. The number of anilines is 1. The summed E-state index contributed by atoms with van der Waals surface area (Å²) in [6.45, 7) is 2.91. The fraction of sp³-hybridized carbons (Fsp3) is 0.240. The predicted octanol–water partition coefficient (Wildman–Crippen LogP) is 4.18. The standard InChI is InChI=1S/C25H25N3O4/c1-17-5-7-18(8-6-17)15-28-16-19(14-23(28)29)24(30)27-22-4-3-13-26-25(22)32-21-11-9-20(31-2)10-12-21/h3-13,19H,14-16H2,1-2H3,(H,27,30). The number of aromatic nitrogens is 1. The molecule has 1 aromatic heterocycles. The zero-order valence-corrected chi connectivity index (χ0v) is 18.1. The van der Waals surface area contributed by atoms with E-state index in [1.807, 2.05) is 31.2 Å². The Labute approximate surface area is 187 Å². The minimum atomic E-state index is -0.429. The van der Waals surface area contributed by atoms with Gasteiger partial charge in [-0.05, 0) is 48.9 Å². The molecule has 1 unspecified atom stereocenters. The van der Waals surface area contributed by atoms with E-state index >= 15 is 0 Å². The van der Waals surface area contributed by atoms with Gasteiger partial charge >= 0.3 is 0 Å². The van der Waals surface area contributed by atoms with E-state index in [0.717, 1.165) is 5.56 Å². The molecule has 0 aliphatic carbocycles. The third kappa shape index (κ3) is 5.06. The first-order chi connectivity index (χ1) is 15.5. The summed E-state index contributed by atoms with van der Waals surface area (Å²) in [5.41, 5.74) is 2.67. The normalized spacial score (nSPS) is 15.5. The Morgan fingerprint density at radius 1 is 1.09 bits per heavy atom. The smallest absolute Gasteiger partial charge is 0.243 e. The number of benzene rings is 2. The first kappa shape index (κ1) is 21.4. The van der Waals surface area contributed by atoms with Gasteiger partial charge in [0.25, 0.3) is 0 Å². The average Bonchev–Trinajstić information content (AvgIpc) is 3.17. The summed E-state index contributed by atoms with van der Waals surface area (Å²) in [5, 5.41) is 2.88. The Bertz CT molecular complexity index is 1100. The molecule has 7 nitrogen and oxygen atoms in total. The number of pyridine rings is 1. The number of nitrogens with zero attached hydrogens (tertiary/aromatic N) is 2. The highest BCUT2D eigenvalue weighted by atomic mass is 16.5. The third-order valence-corrected chi connectivity index (χ3v) is 5.38. The fourth-order valence-electron chi connectivity index (χ4n) is 3.57. The van der Waals surface area contributed by atoms with Crippen molar-refractivity contribution in [2.75, 3.05) is 19.0 Å². The minimum Gasteiger partial charge on any atom is -0.497 e. The van der Waals surface area contributed by atoms with Crippen LogP contribution in [0.3, 0.4) is 0 Å². The van der Waals surface area contributed by atoms with Crippen LogP contribution in [0.5, 0.6) is 17.4 Å². The Balaban J connectivity index is 1.40. The number of ether oxygens (including phenoxy) is 2. The largest absolute Gasteiger partial charge is 0.497 e. The van der Waals surface area contributed by atoms with E-state index in [9.17, 15) is 9.59 Å². The average molecular weight is 431 g/mol. The highest BCUT2D eigenvalue weighted by Gasteiger charge is 2.34.